The molecule has 1 N–H and O–H groups in total. The van der Waals surface area contributed by atoms with Crippen molar-refractivity contribution in [3.63, 3.8) is 0 Å². The van der Waals surface area contributed by atoms with Gasteiger partial charge in [-0.3, -0.25) is 4.68 Å². The highest BCUT2D eigenvalue weighted by Crippen LogP contribution is 2.11. The van der Waals surface area contributed by atoms with E-state index >= 15 is 0 Å². The molecule has 0 radical (unpaired) electrons. The first-order valence-corrected chi connectivity index (χ1v) is 10.8. The maximum atomic E-state index is 4.91. The summed E-state index contributed by atoms with van der Waals surface area (Å²) in [7, 11) is 5.46. The minimum absolute atomic E-state index is 0.910. The van der Waals surface area contributed by atoms with Crippen LogP contribution in [0, 0.1) is 0 Å². The summed E-state index contributed by atoms with van der Waals surface area (Å²) >= 11 is 1.77. The van der Waals surface area contributed by atoms with E-state index in [1.54, 1.807) is 29.8 Å². The number of hydrogen-bond donors (Lipinski definition) is 1. The molecule has 0 saturated carbocycles. The lowest BCUT2D eigenvalue weighted by Crippen LogP contribution is -1.84. The minimum Gasteiger partial charge on any atom is -0.497 e. The highest BCUT2D eigenvalue weighted by atomic mass is 32.2. The molecule has 1 heterocycles. The van der Waals surface area contributed by atoms with Crippen LogP contribution in [0.4, 0.5) is 5.69 Å². The number of benzene rings is 3. The van der Waals surface area contributed by atoms with Crippen molar-refractivity contribution in [1.29, 1.82) is 0 Å². The molecule has 0 amide bonds. The lowest BCUT2D eigenvalue weighted by Gasteiger charge is -1.94. The van der Waals surface area contributed by atoms with Crippen LogP contribution in [-0.2, 0) is 7.05 Å². The van der Waals surface area contributed by atoms with Crippen molar-refractivity contribution >= 4 is 17.4 Å². The number of thioether (sulfide) groups is 1. The number of nitrogens with zero attached hydrogens (tertiary/aromatic N) is 2. The van der Waals surface area contributed by atoms with Gasteiger partial charge in [0.2, 0.25) is 0 Å². The SMILES string of the molecule is CNc1ccccc1.COc1ccccc1.CSc1ccccc1.Cn1cccn1. The molecule has 0 aliphatic carbocycles. The third-order valence-corrected chi connectivity index (χ3v) is 4.40. The van der Waals surface area contributed by atoms with Crippen molar-refractivity contribution in [1.82, 2.24) is 9.78 Å². The number of rotatable bonds is 3. The fourth-order valence-corrected chi connectivity index (χ4v) is 2.49. The van der Waals surface area contributed by atoms with Crippen molar-refractivity contribution in [3.8, 4) is 5.75 Å². The number of methoxy groups -OCH3 is 1. The maximum Gasteiger partial charge on any atom is 0.118 e. The van der Waals surface area contributed by atoms with E-state index in [1.807, 2.05) is 105 Å². The molecule has 0 bridgehead atoms. The lowest BCUT2D eigenvalue weighted by molar-refractivity contribution is 0.415. The van der Waals surface area contributed by atoms with Crippen molar-refractivity contribution in [3.05, 3.63) is 109 Å². The smallest absolute Gasteiger partial charge is 0.118 e. The third kappa shape index (κ3) is 12.3. The van der Waals surface area contributed by atoms with Gasteiger partial charge >= 0.3 is 0 Å². The third-order valence-electron chi connectivity index (χ3n) is 3.66. The first-order chi connectivity index (χ1) is 14.7. The Kier molecular flexibility index (Phi) is 13.9. The molecule has 4 aromatic rings. The second-order valence-electron chi connectivity index (χ2n) is 5.83. The van der Waals surface area contributed by atoms with Crippen LogP contribution < -0.4 is 10.1 Å². The quantitative estimate of drug-likeness (QED) is 0.397. The number of para-hydroxylation sites is 2. The second-order valence-corrected chi connectivity index (χ2v) is 6.71. The molecule has 0 aliphatic heterocycles. The van der Waals surface area contributed by atoms with E-state index in [9.17, 15) is 0 Å². The average Bonchev–Trinajstić information content (AvgIpc) is 3.33. The molecule has 0 unspecified atom stereocenters. The standard InChI is InChI=1S/C7H9N.C7H8O.C7H8S.C4H6N2/c3*1-8-7-5-3-2-4-6-7;1-6-4-2-3-5-6/h2-6,8H,1H3;2*2-6H,1H3;2-4H,1H3. The van der Waals surface area contributed by atoms with E-state index in [2.05, 4.69) is 28.8 Å². The van der Waals surface area contributed by atoms with Crippen LogP contribution in [0.3, 0.4) is 0 Å². The highest BCUT2D eigenvalue weighted by Gasteiger charge is 1.81. The lowest BCUT2D eigenvalue weighted by atomic mass is 10.3. The molecule has 158 valence electrons. The number of anilines is 1. The Bertz CT molecular complexity index is 761. The monoisotopic (exact) mass is 421 g/mol. The number of aromatic nitrogens is 2. The first kappa shape index (κ1) is 24.9. The molecular formula is C25H31N3OS. The fraction of sp³-hybridized carbons (Fsp3) is 0.160. The summed E-state index contributed by atoms with van der Waals surface area (Å²) in [5, 5.41) is 6.86. The molecule has 3 aromatic carbocycles. The summed E-state index contributed by atoms with van der Waals surface area (Å²) in [6, 6.07) is 32.0. The molecule has 0 aliphatic rings. The molecule has 0 atom stereocenters. The molecule has 5 heteroatoms. The number of hydrogen-bond acceptors (Lipinski definition) is 4. The second kappa shape index (κ2) is 16.7. The number of nitrogens with one attached hydrogen (secondary N) is 1. The van der Waals surface area contributed by atoms with Gasteiger partial charge in [-0.05, 0) is 48.7 Å². The Labute approximate surface area is 184 Å². The molecule has 1 aromatic heterocycles. The predicted molar refractivity (Wildman–Crippen MR) is 130 cm³/mol. The summed E-state index contributed by atoms with van der Waals surface area (Å²) in [5.41, 5.74) is 1.16. The topological polar surface area (TPSA) is 39.1 Å². The van der Waals surface area contributed by atoms with E-state index < -0.39 is 0 Å². The van der Waals surface area contributed by atoms with Gasteiger partial charge in [-0.15, -0.1) is 11.8 Å². The average molecular weight is 422 g/mol. The summed E-state index contributed by atoms with van der Waals surface area (Å²) in [5.74, 6) is 0.910. The Morgan fingerprint density at radius 1 is 0.800 bits per heavy atom. The zero-order valence-corrected chi connectivity index (χ0v) is 18.9. The molecule has 4 nitrogen and oxygen atoms in total. The van der Waals surface area contributed by atoms with Crippen LogP contribution in [-0.4, -0.2) is 30.2 Å². The van der Waals surface area contributed by atoms with Crippen LogP contribution in [0.15, 0.2) is 114 Å². The Morgan fingerprint density at radius 2 is 1.33 bits per heavy atom. The maximum absolute atomic E-state index is 4.91. The first-order valence-electron chi connectivity index (χ1n) is 9.54. The van der Waals surface area contributed by atoms with Crippen molar-refractivity contribution in [2.75, 3.05) is 25.7 Å². The number of aryl methyl sites for hydroxylation is 1. The Hall–Kier alpha value is -3.18. The Balaban J connectivity index is 0.000000201. The highest BCUT2D eigenvalue weighted by molar-refractivity contribution is 7.98. The zero-order valence-electron chi connectivity index (χ0n) is 18.1. The molecule has 0 saturated heterocycles. The van der Waals surface area contributed by atoms with Crippen LogP contribution in [0.25, 0.3) is 0 Å². The van der Waals surface area contributed by atoms with Gasteiger partial charge in [0.05, 0.1) is 7.11 Å². The van der Waals surface area contributed by atoms with Crippen LogP contribution in [0.1, 0.15) is 0 Å². The predicted octanol–water partition coefficient (Wildman–Crippen LogP) is 6.25. The van der Waals surface area contributed by atoms with Crippen LogP contribution in [0.2, 0.25) is 0 Å². The summed E-state index contributed by atoms with van der Waals surface area (Å²) in [6.45, 7) is 0. The molecule has 4 rings (SSSR count). The van der Waals surface area contributed by atoms with Crippen LogP contribution >= 0.6 is 11.8 Å². The van der Waals surface area contributed by atoms with Crippen molar-refractivity contribution in [2.24, 2.45) is 7.05 Å². The Morgan fingerprint density at radius 3 is 1.60 bits per heavy atom. The molecule has 30 heavy (non-hydrogen) atoms. The zero-order chi connectivity index (χ0) is 21.9. The van der Waals surface area contributed by atoms with E-state index in [0.717, 1.165) is 11.4 Å². The normalized spacial score (nSPS) is 8.80. The van der Waals surface area contributed by atoms with Gasteiger partial charge in [-0.1, -0.05) is 54.6 Å². The van der Waals surface area contributed by atoms with Gasteiger partial charge in [-0.2, -0.15) is 5.10 Å². The van der Waals surface area contributed by atoms with Gasteiger partial charge < -0.3 is 10.1 Å². The number of ether oxygens (including phenoxy) is 1. The van der Waals surface area contributed by atoms with Crippen molar-refractivity contribution < 1.29 is 4.74 Å². The molecule has 0 spiro atoms. The van der Waals surface area contributed by atoms with Gasteiger partial charge in [0.1, 0.15) is 5.75 Å². The summed E-state index contributed by atoms with van der Waals surface area (Å²) in [4.78, 5) is 1.33. The summed E-state index contributed by atoms with van der Waals surface area (Å²) < 4.78 is 6.66. The fourth-order valence-electron chi connectivity index (χ4n) is 2.06. The largest absolute Gasteiger partial charge is 0.497 e. The minimum atomic E-state index is 0.910. The van der Waals surface area contributed by atoms with Gasteiger partial charge in [0.15, 0.2) is 0 Å². The summed E-state index contributed by atoms with van der Waals surface area (Å²) in [6.07, 6.45) is 5.72. The van der Waals surface area contributed by atoms with Gasteiger partial charge in [0.25, 0.3) is 0 Å². The van der Waals surface area contributed by atoms with Gasteiger partial charge in [-0.25, -0.2) is 0 Å². The molecular weight excluding hydrogens is 390 g/mol. The molecule has 0 fully saturated rings. The van der Waals surface area contributed by atoms with Gasteiger partial charge in [0, 0.05) is 37.1 Å². The van der Waals surface area contributed by atoms with E-state index in [4.69, 9.17) is 4.74 Å². The van der Waals surface area contributed by atoms with E-state index in [-0.39, 0.29) is 0 Å². The van der Waals surface area contributed by atoms with Crippen molar-refractivity contribution in [2.45, 2.75) is 4.90 Å². The van der Waals surface area contributed by atoms with E-state index in [1.165, 1.54) is 4.90 Å². The van der Waals surface area contributed by atoms with Crippen LogP contribution in [0.5, 0.6) is 5.75 Å². The van der Waals surface area contributed by atoms with E-state index in [0.29, 0.717) is 0 Å².